The van der Waals surface area contributed by atoms with Crippen molar-refractivity contribution in [2.75, 3.05) is 0 Å². The van der Waals surface area contributed by atoms with E-state index < -0.39 is 5.92 Å². The lowest BCUT2D eigenvalue weighted by Crippen LogP contribution is -2.11. The van der Waals surface area contributed by atoms with Crippen LogP contribution in [0.15, 0.2) is 35.1 Å². The van der Waals surface area contributed by atoms with Crippen LogP contribution >= 0.6 is 15.9 Å². The van der Waals surface area contributed by atoms with E-state index in [1.165, 1.54) is 30.6 Å². The SMILES string of the molecule is FC1(F)c2cccnc2-c2ncc(Br)cc21. The fraction of sp³-hybridized carbons (Fsp3) is 0.0909. The second-order valence-electron chi connectivity index (χ2n) is 3.52. The second kappa shape index (κ2) is 3.07. The number of rotatable bonds is 0. The molecule has 0 fully saturated rings. The van der Waals surface area contributed by atoms with Gasteiger partial charge >= 0.3 is 5.92 Å². The molecular weight excluding hydrogens is 278 g/mol. The molecule has 0 bridgehead atoms. The van der Waals surface area contributed by atoms with Gasteiger partial charge in [-0.25, -0.2) is 0 Å². The van der Waals surface area contributed by atoms with Crippen molar-refractivity contribution in [3.05, 3.63) is 46.2 Å². The van der Waals surface area contributed by atoms with E-state index in [0.717, 1.165) is 0 Å². The fourth-order valence-electron chi connectivity index (χ4n) is 1.86. The monoisotopic (exact) mass is 282 g/mol. The van der Waals surface area contributed by atoms with Crippen molar-refractivity contribution < 1.29 is 8.78 Å². The molecule has 80 valence electrons. The van der Waals surface area contributed by atoms with E-state index in [-0.39, 0.29) is 22.5 Å². The van der Waals surface area contributed by atoms with Crippen LogP contribution in [0.3, 0.4) is 0 Å². The molecule has 0 amide bonds. The molecule has 2 heterocycles. The average molecular weight is 283 g/mol. The summed E-state index contributed by atoms with van der Waals surface area (Å²) in [5, 5.41) is 0. The summed E-state index contributed by atoms with van der Waals surface area (Å²) >= 11 is 3.15. The lowest BCUT2D eigenvalue weighted by molar-refractivity contribution is 0.0476. The van der Waals surface area contributed by atoms with Gasteiger partial charge in [-0.1, -0.05) is 0 Å². The molecule has 0 N–H and O–H groups in total. The molecule has 0 saturated heterocycles. The van der Waals surface area contributed by atoms with Crippen LogP contribution in [-0.2, 0) is 5.92 Å². The molecule has 0 unspecified atom stereocenters. The van der Waals surface area contributed by atoms with Crippen molar-refractivity contribution in [2.45, 2.75) is 5.92 Å². The van der Waals surface area contributed by atoms with Crippen LogP contribution in [0.2, 0.25) is 0 Å². The summed E-state index contributed by atoms with van der Waals surface area (Å²) in [6.07, 6.45) is 2.99. The van der Waals surface area contributed by atoms with Gasteiger partial charge in [0, 0.05) is 16.9 Å². The molecule has 0 aliphatic heterocycles. The Kier molecular flexibility index (Phi) is 1.89. The predicted octanol–water partition coefficient (Wildman–Crippen LogP) is 3.36. The Hall–Kier alpha value is -1.36. The highest BCUT2D eigenvalue weighted by atomic mass is 79.9. The van der Waals surface area contributed by atoms with Crippen molar-refractivity contribution >= 4 is 15.9 Å². The Labute approximate surface area is 98.5 Å². The molecule has 0 atom stereocenters. The van der Waals surface area contributed by atoms with Crippen molar-refractivity contribution in [1.82, 2.24) is 9.97 Å². The van der Waals surface area contributed by atoms with Crippen molar-refractivity contribution in [1.29, 1.82) is 0 Å². The predicted molar refractivity (Wildman–Crippen MR) is 58.2 cm³/mol. The molecule has 2 nitrogen and oxygen atoms in total. The highest BCUT2D eigenvalue weighted by molar-refractivity contribution is 9.10. The standard InChI is InChI=1S/C11H5BrF2N2/c12-6-4-8-10(16-5-6)9-7(11(8,13)14)2-1-3-15-9/h1-5H. The first kappa shape index (κ1) is 9.84. The fourth-order valence-corrected chi connectivity index (χ4v) is 2.19. The normalized spacial score (nSPS) is 15.7. The van der Waals surface area contributed by atoms with Crippen LogP contribution < -0.4 is 0 Å². The number of hydrogen-bond acceptors (Lipinski definition) is 2. The molecule has 1 aliphatic carbocycles. The van der Waals surface area contributed by atoms with Crippen LogP contribution in [0.25, 0.3) is 11.4 Å². The van der Waals surface area contributed by atoms with Crippen LogP contribution in [0.4, 0.5) is 8.78 Å². The Balaban J connectivity index is 2.39. The third kappa shape index (κ3) is 1.15. The van der Waals surface area contributed by atoms with E-state index >= 15 is 0 Å². The summed E-state index contributed by atoms with van der Waals surface area (Å²) in [7, 11) is 0. The quantitative estimate of drug-likeness (QED) is 0.741. The molecule has 5 heteroatoms. The zero-order valence-corrected chi connectivity index (χ0v) is 9.50. The summed E-state index contributed by atoms with van der Waals surface area (Å²) in [6, 6.07) is 4.29. The maximum absolute atomic E-state index is 14.0. The van der Waals surface area contributed by atoms with E-state index in [2.05, 4.69) is 25.9 Å². The number of pyridine rings is 2. The number of aromatic nitrogens is 2. The molecule has 0 radical (unpaired) electrons. The molecule has 0 saturated carbocycles. The smallest absolute Gasteiger partial charge is 0.254 e. The van der Waals surface area contributed by atoms with Crippen LogP contribution in [0.1, 0.15) is 11.1 Å². The first-order valence-corrected chi connectivity index (χ1v) is 5.39. The first-order valence-electron chi connectivity index (χ1n) is 4.60. The molecule has 2 aromatic heterocycles. The minimum absolute atomic E-state index is 0.0735. The summed E-state index contributed by atoms with van der Waals surface area (Å²) < 4.78 is 28.6. The maximum atomic E-state index is 14.0. The van der Waals surface area contributed by atoms with Gasteiger partial charge in [0.1, 0.15) is 0 Å². The van der Waals surface area contributed by atoms with Crippen molar-refractivity contribution in [2.24, 2.45) is 0 Å². The van der Waals surface area contributed by atoms with E-state index in [1.54, 1.807) is 0 Å². The first-order chi connectivity index (χ1) is 7.60. The summed E-state index contributed by atoms with van der Waals surface area (Å²) in [5.74, 6) is -3.00. The largest absolute Gasteiger partial charge is 0.302 e. The van der Waals surface area contributed by atoms with Gasteiger partial charge in [0.05, 0.1) is 22.5 Å². The van der Waals surface area contributed by atoms with E-state index in [9.17, 15) is 8.78 Å². The molecule has 2 aromatic rings. The molecular formula is C11H5BrF2N2. The molecule has 0 aromatic carbocycles. The molecule has 3 rings (SSSR count). The average Bonchev–Trinajstić information content (AvgIpc) is 2.49. The van der Waals surface area contributed by atoms with E-state index in [0.29, 0.717) is 4.47 Å². The zero-order chi connectivity index (χ0) is 11.3. The van der Waals surface area contributed by atoms with E-state index in [1.807, 2.05) is 0 Å². The van der Waals surface area contributed by atoms with Crippen LogP contribution in [0, 0.1) is 0 Å². The van der Waals surface area contributed by atoms with Gasteiger partial charge in [-0.15, -0.1) is 0 Å². The number of nitrogens with zero attached hydrogens (tertiary/aromatic N) is 2. The van der Waals surface area contributed by atoms with Gasteiger partial charge in [-0.05, 0) is 34.1 Å². The van der Waals surface area contributed by atoms with Crippen LogP contribution in [0.5, 0.6) is 0 Å². The summed E-state index contributed by atoms with van der Waals surface area (Å²) in [6.45, 7) is 0. The van der Waals surface area contributed by atoms with Gasteiger partial charge in [0.15, 0.2) is 0 Å². The Morgan fingerprint density at radius 2 is 1.88 bits per heavy atom. The van der Waals surface area contributed by atoms with Gasteiger partial charge in [0.25, 0.3) is 0 Å². The van der Waals surface area contributed by atoms with Gasteiger partial charge in [0.2, 0.25) is 0 Å². The number of hydrogen-bond donors (Lipinski definition) is 0. The van der Waals surface area contributed by atoms with Gasteiger partial charge in [-0.2, -0.15) is 8.78 Å². The van der Waals surface area contributed by atoms with Gasteiger partial charge in [-0.3, -0.25) is 9.97 Å². The number of alkyl halides is 2. The molecule has 16 heavy (non-hydrogen) atoms. The lowest BCUT2D eigenvalue weighted by Gasteiger charge is -2.10. The maximum Gasteiger partial charge on any atom is 0.302 e. The second-order valence-corrected chi connectivity index (χ2v) is 4.44. The van der Waals surface area contributed by atoms with Gasteiger partial charge < -0.3 is 0 Å². The Morgan fingerprint density at radius 1 is 1.12 bits per heavy atom. The highest BCUT2D eigenvalue weighted by Crippen LogP contribution is 2.49. The van der Waals surface area contributed by atoms with Crippen molar-refractivity contribution in [3.8, 4) is 11.4 Å². The molecule has 1 aliphatic rings. The molecule has 0 spiro atoms. The summed E-state index contributed by atoms with van der Waals surface area (Å²) in [4.78, 5) is 7.97. The van der Waals surface area contributed by atoms with E-state index in [4.69, 9.17) is 0 Å². The Bertz CT molecular complexity index is 584. The Morgan fingerprint density at radius 3 is 2.69 bits per heavy atom. The lowest BCUT2D eigenvalue weighted by atomic mass is 10.1. The van der Waals surface area contributed by atoms with Crippen molar-refractivity contribution in [3.63, 3.8) is 0 Å². The highest BCUT2D eigenvalue weighted by Gasteiger charge is 2.46. The topological polar surface area (TPSA) is 25.8 Å². The zero-order valence-electron chi connectivity index (χ0n) is 7.92. The number of halogens is 3. The van der Waals surface area contributed by atoms with Crippen LogP contribution in [-0.4, -0.2) is 9.97 Å². The minimum atomic E-state index is -3.00. The third-order valence-electron chi connectivity index (χ3n) is 2.56. The minimum Gasteiger partial charge on any atom is -0.254 e. The number of fused-ring (bicyclic) bond motifs is 3. The summed E-state index contributed by atoms with van der Waals surface area (Å²) in [5.41, 5.74) is 0.380. The third-order valence-corrected chi connectivity index (χ3v) is 3.00.